The van der Waals surface area contributed by atoms with Crippen LogP contribution in [-0.2, 0) is 38.0 Å². The van der Waals surface area contributed by atoms with Crippen LogP contribution in [0.5, 0.6) is 0 Å². The summed E-state index contributed by atoms with van der Waals surface area (Å²) < 4.78 is 43.6. The van der Waals surface area contributed by atoms with Gasteiger partial charge in [0.05, 0.1) is 54.9 Å². The van der Waals surface area contributed by atoms with Crippen LogP contribution in [0.2, 0.25) is 0 Å². The van der Waals surface area contributed by atoms with Crippen LogP contribution in [0.4, 0.5) is 0 Å². The predicted octanol–water partition coefficient (Wildman–Crippen LogP) is 3.16. The van der Waals surface area contributed by atoms with Gasteiger partial charge in [-0.1, -0.05) is 46.8 Å². The summed E-state index contributed by atoms with van der Waals surface area (Å²) in [5.74, 6) is -5.51. The minimum atomic E-state index is -2.13. The molecule has 0 saturated carbocycles. The first-order valence-corrected chi connectivity index (χ1v) is 23.4. The Kier molecular flexibility index (Phi) is 17.9. The van der Waals surface area contributed by atoms with Gasteiger partial charge in [0.2, 0.25) is 0 Å². The number of allylic oxidation sites excluding steroid dienone is 1. The Morgan fingerprint density at radius 3 is 2.30 bits per heavy atom. The van der Waals surface area contributed by atoms with E-state index in [1.165, 1.54) is 27.9 Å². The first-order chi connectivity index (χ1) is 29.4. The number of esters is 1. The Bertz CT molecular complexity index is 1520. The van der Waals surface area contributed by atoms with Gasteiger partial charge >= 0.3 is 5.97 Å². The maximum absolute atomic E-state index is 13.7. The molecule has 3 unspecified atom stereocenters. The van der Waals surface area contributed by atoms with E-state index in [0.29, 0.717) is 45.1 Å². The summed E-state index contributed by atoms with van der Waals surface area (Å²) in [5, 5.41) is 92.3. The molecule has 63 heavy (non-hydrogen) atoms. The summed E-state index contributed by atoms with van der Waals surface area (Å²) in [7, 11) is 1.43. The second-order valence-corrected chi connectivity index (χ2v) is 20.2. The van der Waals surface area contributed by atoms with Gasteiger partial charge in [0.25, 0.3) is 0 Å². The number of hydrogen-bond acceptors (Lipinski definition) is 16. The molecule has 5 aliphatic heterocycles. The molecular formula is C47H80O16. The molecule has 0 radical (unpaired) electrons. The van der Waals surface area contributed by atoms with E-state index in [1.54, 1.807) is 6.92 Å². The average molecular weight is 901 g/mol. The molecule has 8 N–H and O–H groups in total. The summed E-state index contributed by atoms with van der Waals surface area (Å²) in [4.78, 5) is 13.7. The fraction of sp³-hybridized carbons (Fsp3) is 0.894. The molecule has 2 bridgehead atoms. The zero-order chi connectivity index (χ0) is 46.7. The number of carbonyl (C=O) groups is 1. The number of hydrogen-bond donors (Lipinski definition) is 8. The highest BCUT2D eigenvalue weighted by atomic mass is 16.7. The van der Waals surface area contributed by atoms with Crippen LogP contribution in [0.15, 0.2) is 24.3 Å². The minimum Gasteiger partial charge on any atom is -0.459 e. The largest absolute Gasteiger partial charge is 0.459 e. The molecule has 4 saturated heterocycles. The van der Waals surface area contributed by atoms with E-state index in [1.807, 2.05) is 32.9 Å². The summed E-state index contributed by atoms with van der Waals surface area (Å²) in [6.45, 7) is 14.0. The first-order valence-electron chi connectivity index (χ1n) is 23.4. The number of fused-ring (bicyclic) bond motifs is 3. The van der Waals surface area contributed by atoms with Crippen molar-refractivity contribution < 1.29 is 78.8 Å². The molecule has 364 valence electrons. The number of methoxy groups -OCH3 is 1. The third-order valence-corrected chi connectivity index (χ3v) is 14.8. The average Bonchev–Trinajstić information content (AvgIpc) is 3.23. The molecule has 0 aliphatic carbocycles. The molecule has 16 heteroatoms. The van der Waals surface area contributed by atoms with Gasteiger partial charge in [-0.2, -0.15) is 0 Å². The molecule has 5 heterocycles. The summed E-state index contributed by atoms with van der Waals surface area (Å²) in [5.41, 5.74) is -3.97. The van der Waals surface area contributed by atoms with Crippen molar-refractivity contribution in [2.45, 2.75) is 222 Å². The quantitative estimate of drug-likeness (QED) is 0.141. The molecule has 0 amide bonds. The summed E-state index contributed by atoms with van der Waals surface area (Å²) in [6, 6.07) is 0. The van der Waals surface area contributed by atoms with Gasteiger partial charge < -0.3 is 74.0 Å². The van der Waals surface area contributed by atoms with Crippen LogP contribution < -0.4 is 0 Å². The van der Waals surface area contributed by atoms with E-state index < -0.39 is 114 Å². The number of rotatable bonds is 6. The molecule has 0 aromatic heterocycles. The summed E-state index contributed by atoms with van der Waals surface area (Å²) >= 11 is 0. The van der Waals surface area contributed by atoms with Gasteiger partial charge in [0.15, 0.2) is 17.9 Å². The van der Waals surface area contributed by atoms with Gasteiger partial charge in [-0.15, -0.1) is 0 Å². The van der Waals surface area contributed by atoms with Gasteiger partial charge in [-0.25, -0.2) is 4.79 Å². The molecule has 5 aliphatic rings. The van der Waals surface area contributed by atoms with Crippen molar-refractivity contribution in [1.82, 2.24) is 0 Å². The van der Waals surface area contributed by atoms with Crippen LogP contribution in [0.3, 0.4) is 0 Å². The van der Waals surface area contributed by atoms with E-state index in [4.69, 9.17) is 33.2 Å². The second-order valence-electron chi connectivity index (χ2n) is 20.2. The van der Waals surface area contributed by atoms with Crippen LogP contribution >= 0.6 is 0 Å². The number of aliphatic hydroxyl groups excluding tert-OH is 5. The Morgan fingerprint density at radius 2 is 1.62 bits per heavy atom. The normalized spacial score (nSPS) is 50.3. The van der Waals surface area contributed by atoms with Crippen molar-refractivity contribution in [3.63, 3.8) is 0 Å². The minimum absolute atomic E-state index is 0.0294. The van der Waals surface area contributed by atoms with Crippen LogP contribution in [-0.4, -0.2) is 157 Å². The Balaban J connectivity index is 1.49. The van der Waals surface area contributed by atoms with E-state index in [-0.39, 0.29) is 43.6 Å². The molecular weight excluding hydrogens is 821 g/mol. The first kappa shape index (κ1) is 52.4. The smallest absolute Gasteiger partial charge is 0.330 e. The lowest BCUT2D eigenvalue weighted by Gasteiger charge is -2.53. The molecule has 0 aromatic carbocycles. The zero-order valence-corrected chi connectivity index (χ0v) is 39.0. The maximum Gasteiger partial charge on any atom is 0.330 e. The van der Waals surface area contributed by atoms with Crippen LogP contribution in [0, 0.1) is 29.6 Å². The number of aliphatic hydroxyl groups is 8. The molecule has 4 fully saturated rings. The third-order valence-electron chi connectivity index (χ3n) is 14.8. The fourth-order valence-corrected chi connectivity index (χ4v) is 10.1. The third kappa shape index (κ3) is 12.7. The van der Waals surface area contributed by atoms with Crippen LogP contribution in [0.1, 0.15) is 126 Å². The second kappa shape index (κ2) is 21.6. The van der Waals surface area contributed by atoms with Crippen molar-refractivity contribution >= 4 is 5.97 Å². The lowest BCUT2D eigenvalue weighted by atomic mass is 9.77. The topological polar surface area (TPSA) is 244 Å². The fourth-order valence-electron chi connectivity index (χ4n) is 10.1. The standard InChI is InChI=1S/C47H80O16/c1-10-32(48)21-33-27(3)15-19-46(62-33)23-35-28(4)36(63-46)24-47(56)31(20-26(2)25-58-47)14-12-11-13-17-44(7,54)43(53)41(61-38-22-34(57-9)40(51)30(6)59-38)39(50)29(5)42(52)45(8,55)18-16-37(49)60-35/h12,14,16,18,26-36,38-43,48,50-56H,10-11,13,15,17,19-25H2,1-9H3/b14-12+,18-16+/t26-,27-,28-,29-,30+,31?,32+,33-,34-,35?,36?,38-,39+,40+,41-,42-,43+,44+,45+,46+,47-/m0/s1. The summed E-state index contributed by atoms with van der Waals surface area (Å²) in [6.07, 6.45) is -2.72. The monoisotopic (exact) mass is 901 g/mol. The highest BCUT2D eigenvalue weighted by molar-refractivity contribution is 5.82. The highest BCUT2D eigenvalue weighted by Crippen LogP contribution is 2.48. The highest BCUT2D eigenvalue weighted by Gasteiger charge is 2.55. The molecule has 5 rings (SSSR count). The van der Waals surface area contributed by atoms with E-state index in [2.05, 4.69) is 6.92 Å². The molecule has 1 spiro atoms. The zero-order valence-electron chi connectivity index (χ0n) is 39.0. The number of ether oxygens (including phenoxy) is 7. The van der Waals surface area contributed by atoms with Gasteiger partial charge in [-0.05, 0) is 83.6 Å². The SMILES string of the molecule is CC[C@@H](O)C[C@@H]1O[C@@]2(CC[C@@H]1C)CC1OC(=O)/C=C/[C@@](C)(O)[C@@H](O)[C@@H](C)[C@@H](O)[C@H](O[C@H]3C[C@H](OC)[C@H](O)[C@@H](C)O3)[C@@H](O)[C@](C)(O)CCC/C=C/C3C[C@H](C)CO[C@@]3(O)CC(O2)[C@H]1C. The maximum atomic E-state index is 13.7. The van der Waals surface area contributed by atoms with E-state index >= 15 is 0 Å². The van der Waals surface area contributed by atoms with Gasteiger partial charge in [-0.3, -0.25) is 0 Å². The Labute approximate surface area is 373 Å². The molecule has 0 aromatic rings. The predicted molar refractivity (Wildman–Crippen MR) is 229 cm³/mol. The van der Waals surface area contributed by atoms with Crippen molar-refractivity contribution in [2.24, 2.45) is 29.6 Å². The van der Waals surface area contributed by atoms with Crippen molar-refractivity contribution in [3.05, 3.63) is 24.3 Å². The Morgan fingerprint density at radius 1 is 0.905 bits per heavy atom. The molecule has 16 nitrogen and oxygen atoms in total. The van der Waals surface area contributed by atoms with Crippen molar-refractivity contribution in [2.75, 3.05) is 13.7 Å². The molecule has 21 atom stereocenters. The van der Waals surface area contributed by atoms with E-state index in [0.717, 1.165) is 18.6 Å². The van der Waals surface area contributed by atoms with Gasteiger partial charge in [0, 0.05) is 56.6 Å². The van der Waals surface area contributed by atoms with Crippen molar-refractivity contribution in [3.8, 4) is 0 Å². The van der Waals surface area contributed by atoms with E-state index in [9.17, 15) is 45.6 Å². The lowest BCUT2D eigenvalue weighted by molar-refractivity contribution is -0.362. The van der Waals surface area contributed by atoms with Gasteiger partial charge in [0.1, 0.15) is 30.0 Å². The lowest BCUT2D eigenvalue weighted by Crippen LogP contribution is -2.59. The van der Waals surface area contributed by atoms with Crippen LogP contribution in [0.25, 0.3) is 0 Å². The number of carbonyl (C=O) groups excluding carboxylic acids is 1. The Hall–Kier alpha value is -1.61. The van der Waals surface area contributed by atoms with Crippen molar-refractivity contribution in [1.29, 1.82) is 0 Å².